The normalized spacial score (nSPS) is 18.0. The lowest BCUT2D eigenvalue weighted by Gasteiger charge is -2.35. The van der Waals surface area contributed by atoms with Gasteiger partial charge in [0, 0.05) is 30.1 Å². The van der Waals surface area contributed by atoms with Crippen LogP contribution in [0.5, 0.6) is 5.75 Å². The number of amides is 1. The van der Waals surface area contributed by atoms with Gasteiger partial charge in [0.05, 0.1) is 42.8 Å². The molecule has 11 heteroatoms. The number of hydrogen-bond donors (Lipinski definition) is 3. The number of anilines is 2. The molecule has 3 aromatic carbocycles. The zero-order valence-corrected chi connectivity index (χ0v) is 24.2. The molecular formula is C33H31FN6O4. The summed E-state index contributed by atoms with van der Waals surface area (Å²) in [6.45, 7) is 2.47. The Hall–Kier alpha value is -5.13. The van der Waals surface area contributed by atoms with Crippen molar-refractivity contribution in [1.29, 1.82) is 0 Å². The highest BCUT2D eigenvalue weighted by Crippen LogP contribution is 2.36. The summed E-state index contributed by atoms with van der Waals surface area (Å²) >= 11 is 0. The predicted octanol–water partition coefficient (Wildman–Crippen LogP) is 5.79. The number of benzene rings is 3. The molecule has 1 amide bonds. The minimum absolute atomic E-state index is 0.127. The first-order chi connectivity index (χ1) is 21.4. The number of H-pyrrole nitrogens is 1. The van der Waals surface area contributed by atoms with Gasteiger partial charge in [-0.05, 0) is 55.0 Å². The summed E-state index contributed by atoms with van der Waals surface area (Å²) < 4.78 is 31.2. The Labute approximate surface area is 253 Å². The van der Waals surface area contributed by atoms with E-state index in [0.717, 1.165) is 11.3 Å². The molecule has 6 rings (SSSR count). The van der Waals surface area contributed by atoms with Gasteiger partial charge in [-0.3, -0.25) is 4.79 Å². The van der Waals surface area contributed by atoms with Gasteiger partial charge in [-0.15, -0.1) is 0 Å². The number of hydrogen-bond acceptors (Lipinski definition) is 8. The van der Waals surface area contributed by atoms with Gasteiger partial charge in [0.15, 0.2) is 5.82 Å². The minimum Gasteiger partial charge on any atom is -0.497 e. The Balaban J connectivity index is 1.23. The van der Waals surface area contributed by atoms with E-state index in [4.69, 9.17) is 24.2 Å². The standard InChI is InChI=1S/C33H31FN6O4/c1-33(31(41)36-18-21-7-4-3-5-8-21)19-43-30(44-20-33)29-39-27(22-11-13-23(34)14-12-22)28(40-29)26-15-16-35-32(38-26)37-24-9-6-10-25(17-24)42-2/h3-17,30H,18-20H2,1-2H3,(H,36,41)(H,39,40)(H,35,37,38). The molecule has 2 aromatic heterocycles. The number of nitrogens with one attached hydrogen (secondary N) is 3. The van der Waals surface area contributed by atoms with Crippen LogP contribution < -0.4 is 15.4 Å². The van der Waals surface area contributed by atoms with Gasteiger partial charge < -0.3 is 29.8 Å². The maximum absolute atomic E-state index is 13.8. The van der Waals surface area contributed by atoms with Crippen molar-refractivity contribution in [1.82, 2.24) is 25.3 Å². The van der Waals surface area contributed by atoms with Crippen LogP contribution in [0, 0.1) is 11.2 Å². The number of imidazole rings is 1. The maximum atomic E-state index is 13.8. The molecule has 0 unspecified atom stereocenters. The molecule has 0 spiro atoms. The smallest absolute Gasteiger partial charge is 0.230 e. The maximum Gasteiger partial charge on any atom is 0.230 e. The number of carbonyl (C=O) groups excluding carboxylic acids is 1. The van der Waals surface area contributed by atoms with Crippen LogP contribution in [-0.2, 0) is 20.8 Å². The van der Waals surface area contributed by atoms with Crippen LogP contribution in [0.3, 0.4) is 0 Å². The van der Waals surface area contributed by atoms with E-state index in [1.165, 1.54) is 12.1 Å². The highest BCUT2D eigenvalue weighted by molar-refractivity contribution is 5.82. The molecular weight excluding hydrogens is 563 g/mol. The van der Waals surface area contributed by atoms with Crippen molar-refractivity contribution < 1.29 is 23.4 Å². The van der Waals surface area contributed by atoms with Gasteiger partial charge in [-0.25, -0.2) is 19.3 Å². The third-order valence-electron chi connectivity index (χ3n) is 7.25. The number of ether oxygens (including phenoxy) is 3. The summed E-state index contributed by atoms with van der Waals surface area (Å²) in [5.41, 5.74) is 3.20. The van der Waals surface area contributed by atoms with Gasteiger partial charge in [0.1, 0.15) is 11.6 Å². The quantitative estimate of drug-likeness (QED) is 0.196. The van der Waals surface area contributed by atoms with Gasteiger partial charge in [0.25, 0.3) is 0 Å². The first-order valence-electron chi connectivity index (χ1n) is 14.1. The molecule has 0 atom stereocenters. The lowest BCUT2D eigenvalue weighted by atomic mass is 9.91. The van der Waals surface area contributed by atoms with E-state index >= 15 is 0 Å². The average molecular weight is 595 g/mol. The van der Waals surface area contributed by atoms with Crippen LogP contribution in [0.2, 0.25) is 0 Å². The number of aromatic amines is 1. The third kappa shape index (κ3) is 6.43. The number of methoxy groups -OCH3 is 1. The van der Waals surface area contributed by atoms with Crippen molar-refractivity contribution in [3.8, 4) is 28.4 Å². The van der Waals surface area contributed by atoms with E-state index in [-0.39, 0.29) is 24.9 Å². The molecule has 0 bridgehead atoms. The van der Waals surface area contributed by atoms with Crippen LogP contribution in [0.15, 0.2) is 91.1 Å². The number of aromatic nitrogens is 4. The Kier molecular flexibility index (Phi) is 8.31. The van der Waals surface area contributed by atoms with Crippen molar-refractivity contribution in [3.05, 3.63) is 108 Å². The van der Waals surface area contributed by atoms with Crippen molar-refractivity contribution in [2.75, 3.05) is 25.6 Å². The minimum atomic E-state index is -0.881. The van der Waals surface area contributed by atoms with E-state index in [9.17, 15) is 9.18 Å². The zero-order chi connectivity index (χ0) is 30.5. The fourth-order valence-electron chi connectivity index (χ4n) is 4.78. The first kappa shape index (κ1) is 29.0. The van der Waals surface area contributed by atoms with Gasteiger partial charge in [-0.1, -0.05) is 36.4 Å². The number of rotatable bonds is 9. The van der Waals surface area contributed by atoms with Crippen molar-refractivity contribution in [3.63, 3.8) is 0 Å². The molecule has 0 saturated carbocycles. The van der Waals surface area contributed by atoms with Gasteiger partial charge >= 0.3 is 0 Å². The molecule has 3 heterocycles. The second kappa shape index (κ2) is 12.6. The summed E-state index contributed by atoms with van der Waals surface area (Å²) in [4.78, 5) is 30.2. The van der Waals surface area contributed by atoms with Crippen LogP contribution in [-0.4, -0.2) is 46.2 Å². The monoisotopic (exact) mass is 594 g/mol. The molecule has 5 aromatic rings. The van der Waals surface area contributed by atoms with Crippen molar-refractivity contribution in [2.24, 2.45) is 5.41 Å². The number of carbonyl (C=O) groups is 1. The molecule has 0 aliphatic carbocycles. The van der Waals surface area contributed by atoms with Crippen LogP contribution in [0.25, 0.3) is 22.6 Å². The Bertz CT molecular complexity index is 1740. The molecule has 1 aliphatic heterocycles. The summed E-state index contributed by atoms with van der Waals surface area (Å²) in [5, 5.41) is 6.17. The van der Waals surface area contributed by atoms with Gasteiger partial charge in [0.2, 0.25) is 18.1 Å². The topological polar surface area (TPSA) is 123 Å². The molecule has 0 radical (unpaired) electrons. The van der Waals surface area contributed by atoms with Gasteiger partial charge in [-0.2, -0.15) is 0 Å². The first-order valence-corrected chi connectivity index (χ1v) is 14.1. The molecule has 1 aliphatic rings. The number of halogens is 1. The van der Waals surface area contributed by atoms with Crippen LogP contribution in [0.4, 0.5) is 16.0 Å². The van der Waals surface area contributed by atoms with E-state index in [2.05, 4.69) is 20.6 Å². The molecule has 1 saturated heterocycles. The fourth-order valence-corrected chi connectivity index (χ4v) is 4.78. The van der Waals surface area contributed by atoms with E-state index < -0.39 is 11.7 Å². The molecule has 10 nitrogen and oxygen atoms in total. The molecule has 3 N–H and O–H groups in total. The second-order valence-electron chi connectivity index (χ2n) is 10.7. The fraction of sp³-hybridized carbons (Fsp3) is 0.212. The van der Waals surface area contributed by atoms with Crippen LogP contribution in [0.1, 0.15) is 24.6 Å². The lowest BCUT2D eigenvalue weighted by Crippen LogP contribution is -2.48. The number of nitrogens with zero attached hydrogens (tertiary/aromatic N) is 3. The summed E-state index contributed by atoms with van der Waals surface area (Å²) in [7, 11) is 1.60. The molecule has 1 fully saturated rings. The SMILES string of the molecule is COc1cccc(Nc2nccc(-c3[nH]c(C4OCC(C)(C(=O)NCc5ccccc5)CO4)nc3-c3ccc(F)cc3)n2)c1. The predicted molar refractivity (Wildman–Crippen MR) is 162 cm³/mol. The van der Waals surface area contributed by atoms with Crippen molar-refractivity contribution >= 4 is 17.5 Å². The van der Waals surface area contributed by atoms with E-state index in [1.807, 2.05) is 54.6 Å². The summed E-state index contributed by atoms with van der Waals surface area (Å²) in [5.74, 6) is 0.928. The molecule has 224 valence electrons. The summed E-state index contributed by atoms with van der Waals surface area (Å²) in [6.07, 6.45) is 0.779. The Morgan fingerprint density at radius 3 is 2.55 bits per heavy atom. The van der Waals surface area contributed by atoms with E-state index in [1.54, 1.807) is 38.4 Å². The largest absolute Gasteiger partial charge is 0.497 e. The van der Waals surface area contributed by atoms with Crippen molar-refractivity contribution in [2.45, 2.75) is 19.8 Å². The van der Waals surface area contributed by atoms with E-state index in [0.29, 0.717) is 46.7 Å². The zero-order valence-electron chi connectivity index (χ0n) is 24.2. The summed E-state index contributed by atoms with van der Waals surface area (Å²) in [6, 6.07) is 24.9. The average Bonchev–Trinajstić information content (AvgIpc) is 3.50. The second-order valence-corrected chi connectivity index (χ2v) is 10.7. The molecule has 44 heavy (non-hydrogen) atoms. The lowest BCUT2D eigenvalue weighted by molar-refractivity contribution is -0.231. The Morgan fingerprint density at radius 1 is 1.02 bits per heavy atom. The highest BCUT2D eigenvalue weighted by Gasteiger charge is 2.40. The van der Waals surface area contributed by atoms with Crippen LogP contribution >= 0.6 is 0 Å². The third-order valence-corrected chi connectivity index (χ3v) is 7.25. The Morgan fingerprint density at radius 2 is 1.80 bits per heavy atom. The highest BCUT2D eigenvalue weighted by atomic mass is 19.1.